The molecule has 5 aromatic rings. The number of fused-ring (bicyclic) bond motifs is 2. The van der Waals surface area contributed by atoms with E-state index in [1.807, 2.05) is 0 Å². The van der Waals surface area contributed by atoms with E-state index in [0.29, 0.717) is 38.5 Å². The van der Waals surface area contributed by atoms with Crippen LogP contribution in [0, 0.1) is 0 Å². The minimum Gasteiger partial charge on any atom is -0.493 e. The molecular formula is C25H15ClO6. The maximum absolute atomic E-state index is 12.9. The van der Waals surface area contributed by atoms with Gasteiger partial charge in [-0.05, 0) is 42.0 Å². The summed E-state index contributed by atoms with van der Waals surface area (Å²) in [6.45, 7) is 0. The number of carbonyl (C=O) groups is 1. The highest BCUT2D eigenvalue weighted by molar-refractivity contribution is 6.30. The topological polar surface area (TPSA) is 78.9 Å². The lowest BCUT2D eigenvalue weighted by Crippen LogP contribution is -2.08. The lowest BCUT2D eigenvalue weighted by molar-refractivity contribution is 0.0704. The molecular weight excluding hydrogens is 432 g/mol. The van der Waals surface area contributed by atoms with Crippen LogP contribution in [0.4, 0.5) is 0 Å². The van der Waals surface area contributed by atoms with Crippen molar-refractivity contribution in [1.82, 2.24) is 0 Å². The first-order chi connectivity index (χ1) is 15.5. The van der Waals surface area contributed by atoms with Gasteiger partial charge >= 0.3 is 5.97 Å². The molecule has 0 N–H and O–H groups in total. The Labute approximate surface area is 186 Å². The fourth-order valence-corrected chi connectivity index (χ4v) is 3.58. The number of ether oxygens (including phenoxy) is 2. The van der Waals surface area contributed by atoms with E-state index >= 15 is 0 Å². The van der Waals surface area contributed by atoms with Crippen LogP contribution in [0.2, 0.25) is 5.02 Å². The molecule has 2 heterocycles. The smallest absolute Gasteiger partial charge is 0.379 e. The molecule has 0 aliphatic heterocycles. The number of halogens is 1. The van der Waals surface area contributed by atoms with Crippen molar-refractivity contribution in [3.8, 4) is 22.6 Å². The van der Waals surface area contributed by atoms with E-state index in [1.165, 1.54) is 25.5 Å². The van der Waals surface area contributed by atoms with Gasteiger partial charge in [0.1, 0.15) is 17.6 Å². The molecule has 0 aliphatic rings. The van der Waals surface area contributed by atoms with Crippen LogP contribution in [0.3, 0.4) is 0 Å². The van der Waals surface area contributed by atoms with Gasteiger partial charge in [0.15, 0.2) is 16.8 Å². The van der Waals surface area contributed by atoms with Crippen LogP contribution >= 0.6 is 11.6 Å². The number of benzene rings is 3. The molecule has 2 aromatic heterocycles. The summed E-state index contributed by atoms with van der Waals surface area (Å²) in [4.78, 5) is 25.5. The fourth-order valence-electron chi connectivity index (χ4n) is 3.46. The molecule has 7 heteroatoms. The summed E-state index contributed by atoms with van der Waals surface area (Å²) in [6, 6.07) is 18.4. The molecule has 158 valence electrons. The number of esters is 1. The summed E-state index contributed by atoms with van der Waals surface area (Å²) in [5.74, 6) is 0.0923. The van der Waals surface area contributed by atoms with Crippen molar-refractivity contribution in [3.05, 3.63) is 94.0 Å². The number of hydrogen-bond acceptors (Lipinski definition) is 6. The Balaban J connectivity index is 1.45. The average Bonchev–Trinajstić information content (AvgIpc) is 3.25. The van der Waals surface area contributed by atoms with E-state index in [0.717, 1.165) is 5.39 Å². The molecule has 0 radical (unpaired) electrons. The van der Waals surface area contributed by atoms with Gasteiger partial charge in [0.05, 0.1) is 18.1 Å². The number of hydrogen-bond donors (Lipinski definition) is 0. The third-order valence-corrected chi connectivity index (χ3v) is 5.29. The normalized spacial score (nSPS) is 11.1. The van der Waals surface area contributed by atoms with Gasteiger partial charge in [0, 0.05) is 16.5 Å². The van der Waals surface area contributed by atoms with Gasteiger partial charge in [0.2, 0.25) is 5.76 Å². The van der Waals surface area contributed by atoms with Gasteiger partial charge in [-0.3, -0.25) is 4.79 Å². The second kappa shape index (κ2) is 7.90. The number of carbonyl (C=O) groups excluding carboxylic acids is 1. The molecule has 0 aliphatic carbocycles. The van der Waals surface area contributed by atoms with Crippen molar-refractivity contribution in [1.29, 1.82) is 0 Å². The molecule has 0 fully saturated rings. The zero-order chi connectivity index (χ0) is 22.2. The second-order valence-corrected chi connectivity index (χ2v) is 7.46. The average molecular weight is 447 g/mol. The second-order valence-electron chi connectivity index (χ2n) is 7.02. The zero-order valence-corrected chi connectivity index (χ0v) is 17.5. The van der Waals surface area contributed by atoms with Gasteiger partial charge < -0.3 is 18.3 Å². The zero-order valence-electron chi connectivity index (χ0n) is 16.8. The third kappa shape index (κ3) is 3.50. The maximum atomic E-state index is 12.9. The highest BCUT2D eigenvalue weighted by atomic mass is 35.5. The number of rotatable bonds is 4. The van der Waals surface area contributed by atoms with E-state index < -0.39 is 5.97 Å². The molecule has 0 amide bonds. The van der Waals surface area contributed by atoms with Crippen molar-refractivity contribution < 1.29 is 23.1 Å². The van der Waals surface area contributed by atoms with Gasteiger partial charge in [-0.1, -0.05) is 35.9 Å². The van der Waals surface area contributed by atoms with E-state index in [-0.39, 0.29) is 16.9 Å². The fraction of sp³-hybridized carbons (Fsp3) is 0.0400. The lowest BCUT2D eigenvalue weighted by atomic mass is 10.1. The molecule has 6 nitrogen and oxygen atoms in total. The first-order valence-electron chi connectivity index (χ1n) is 9.64. The standard InChI is InChI=1S/C25H15ClO6/c1-29-20-4-2-3-15-11-22(32-24(15)20)25(28)31-17-9-10-18-21(12-17)30-13-19(23(18)27)14-5-7-16(26)8-6-14/h2-13H,1H3. The highest BCUT2D eigenvalue weighted by Gasteiger charge is 2.18. The Bertz CT molecular complexity index is 1530. The molecule has 3 aromatic carbocycles. The minimum absolute atomic E-state index is 0.0316. The van der Waals surface area contributed by atoms with Crippen molar-refractivity contribution >= 4 is 39.5 Å². The Morgan fingerprint density at radius 2 is 1.81 bits per heavy atom. The minimum atomic E-state index is -0.678. The van der Waals surface area contributed by atoms with Gasteiger partial charge in [0.25, 0.3) is 0 Å². The Kier molecular flexibility index (Phi) is 4.92. The van der Waals surface area contributed by atoms with Gasteiger partial charge in [-0.15, -0.1) is 0 Å². The molecule has 0 atom stereocenters. The summed E-state index contributed by atoms with van der Waals surface area (Å²) in [5.41, 5.74) is 1.66. The SMILES string of the molecule is COc1cccc2cc(C(=O)Oc3ccc4c(=O)c(-c5ccc(Cl)cc5)coc4c3)oc12. The monoisotopic (exact) mass is 446 g/mol. The van der Waals surface area contributed by atoms with Crippen molar-refractivity contribution in [2.24, 2.45) is 0 Å². The van der Waals surface area contributed by atoms with Gasteiger partial charge in [-0.2, -0.15) is 0 Å². The molecule has 32 heavy (non-hydrogen) atoms. The van der Waals surface area contributed by atoms with Crippen LogP contribution in [0.5, 0.6) is 11.5 Å². The van der Waals surface area contributed by atoms with Gasteiger partial charge in [-0.25, -0.2) is 4.79 Å². The third-order valence-electron chi connectivity index (χ3n) is 5.04. The summed E-state index contributed by atoms with van der Waals surface area (Å²) in [7, 11) is 1.52. The molecule has 0 saturated heterocycles. The van der Waals surface area contributed by atoms with Crippen LogP contribution < -0.4 is 14.9 Å². The quantitative estimate of drug-likeness (QED) is 0.245. The van der Waals surface area contributed by atoms with Crippen molar-refractivity contribution in [3.63, 3.8) is 0 Å². The molecule has 0 saturated carbocycles. The molecule has 5 rings (SSSR count). The Morgan fingerprint density at radius 1 is 1.00 bits per heavy atom. The number of methoxy groups -OCH3 is 1. The van der Waals surface area contributed by atoms with E-state index in [1.54, 1.807) is 54.6 Å². The van der Waals surface area contributed by atoms with Crippen molar-refractivity contribution in [2.45, 2.75) is 0 Å². The molecule has 0 bridgehead atoms. The predicted octanol–water partition coefficient (Wildman–Crippen LogP) is 6.09. The van der Waals surface area contributed by atoms with Crippen molar-refractivity contribution in [2.75, 3.05) is 7.11 Å². The number of furan rings is 1. The van der Waals surface area contributed by atoms with Crippen LogP contribution in [-0.4, -0.2) is 13.1 Å². The first kappa shape index (κ1) is 19.9. The van der Waals surface area contributed by atoms with E-state index in [2.05, 4.69) is 0 Å². The summed E-state index contributed by atoms with van der Waals surface area (Å²) >= 11 is 5.92. The Hall–Kier alpha value is -4.03. The van der Waals surface area contributed by atoms with E-state index in [4.69, 9.17) is 29.9 Å². The van der Waals surface area contributed by atoms with Crippen LogP contribution in [-0.2, 0) is 0 Å². The molecule has 0 spiro atoms. The summed E-state index contributed by atoms with van der Waals surface area (Å²) < 4.78 is 22.0. The maximum Gasteiger partial charge on any atom is 0.379 e. The van der Waals surface area contributed by atoms with Crippen LogP contribution in [0.15, 0.2) is 86.6 Å². The van der Waals surface area contributed by atoms with Crippen LogP contribution in [0.1, 0.15) is 10.6 Å². The van der Waals surface area contributed by atoms with Crippen LogP contribution in [0.25, 0.3) is 33.1 Å². The molecule has 0 unspecified atom stereocenters. The lowest BCUT2D eigenvalue weighted by Gasteiger charge is -2.06. The largest absolute Gasteiger partial charge is 0.493 e. The number of para-hydroxylation sites is 1. The Morgan fingerprint density at radius 3 is 2.59 bits per heavy atom. The summed E-state index contributed by atoms with van der Waals surface area (Å²) in [6.07, 6.45) is 1.38. The highest BCUT2D eigenvalue weighted by Crippen LogP contribution is 2.29. The van der Waals surface area contributed by atoms with E-state index in [9.17, 15) is 9.59 Å². The first-order valence-corrected chi connectivity index (χ1v) is 10.0. The predicted molar refractivity (Wildman–Crippen MR) is 121 cm³/mol. The summed E-state index contributed by atoms with van der Waals surface area (Å²) in [5, 5.41) is 1.66.